The van der Waals surface area contributed by atoms with E-state index in [0.717, 1.165) is 19.4 Å². The van der Waals surface area contributed by atoms with Crippen LogP contribution in [0, 0.1) is 5.92 Å². The Kier molecular flexibility index (Phi) is 2.27. The Hall–Kier alpha value is -0.570. The van der Waals surface area contributed by atoms with Gasteiger partial charge in [-0.15, -0.1) is 0 Å². The smallest absolute Gasteiger partial charge is 0.227 e. The largest absolute Gasteiger partial charge is 0.376 e. The highest BCUT2D eigenvalue weighted by molar-refractivity contribution is 5.80. The fraction of sp³-hybridized carbons (Fsp3) is 0.857. The van der Waals surface area contributed by atoms with Crippen molar-refractivity contribution in [1.82, 2.24) is 4.90 Å². The summed E-state index contributed by atoms with van der Waals surface area (Å²) in [4.78, 5) is 12.6. The van der Waals surface area contributed by atoms with Crippen LogP contribution < -0.4 is 0 Å². The van der Waals surface area contributed by atoms with E-state index < -0.39 is 0 Å². The summed E-state index contributed by atoms with van der Waals surface area (Å²) in [6.07, 6.45) is 1.81. The lowest BCUT2D eigenvalue weighted by Crippen LogP contribution is -2.27. The van der Waals surface area contributed by atoms with Gasteiger partial charge in [0.2, 0.25) is 5.91 Å². The second-order valence-corrected chi connectivity index (χ2v) is 2.64. The van der Waals surface area contributed by atoms with Crippen molar-refractivity contribution < 1.29 is 9.90 Å². The first-order valence-electron chi connectivity index (χ1n) is 3.69. The van der Waals surface area contributed by atoms with E-state index in [9.17, 15) is 4.79 Å². The van der Waals surface area contributed by atoms with Gasteiger partial charge in [0.25, 0.3) is 0 Å². The van der Waals surface area contributed by atoms with Crippen molar-refractivity contribution in [3.05, 3.63) is 0 Å². The third kappa shape index (κ3) is 1.14. The molecule has 1 rings (SSSR count). The van der Waals surface area contributed by atoms with Crippen LogP contribution >= 0.6 is 0 Å². The highest BCUT2D eigenvalue weighted by Gasteiger charge is 2.28. The number of nitrogens with zero attached hydrogens (tertiary/aromatic N) is 1. The highest BCUT2D eigenvalue weighted by Crippen LogP contribution is 2.19. The normalized spacial score (nSPS) is 26.0. The van der Waals surface area contributed by atoms with Crippen LogP contribution in [0.5, 0.6) is 0 Å². The van der Waals surface area contributed by atoms with Gasteiger partial charge in [0.05, 0.1) is 0 Å². The second-order valence-electron chi connectivity index (χ2n) is 2.64. The van der Waals surface area contributed by atoms with Crippen LogP contribution in [0.25, 0.3) is 0 Å². The molecule has 1 aliphatic heterocycles. The van der Waals surface area contributed by atoms with Crippen LogP contribution in [0.3, 0.4) is 0 Å². The highest BCUT2D eigenvalue weighted by atomic mass is 16.3. The molecule has 58 valence electrons. The van der Waals surface area contributed by atoms with Crippen LogP contribution in [0.4, 0.5) is 0 Å². The first-order chi connectivity index (χ1) is 4.79. The van der Waals surface area contributed by atoms with Gasteiger partial charge in [-0.1, -0.05) is 6.92 Å². The number of hydrogen-bond donors (Lipinski definition) is 1. The number of carbonyl (C=O) groups excluding carboxylic acids is 1. The molecule has 3 heteroatoms. The molecule has 1 fully saturated rings. The topological polar surface area (TPSA) is 40.5 Å². The van der Waals surface area contributed by atoms with Crippen molar-refractivity contribution in [2.75, 3.05) is 13.3 Å². The Morgan fingerprint density at radius 1 is 1.80 bits per heavy atom. The molecular weight excluding hydrogens is 130 g/mol. The summed E-state index contributed by atoms with van der Waals surface area (Å²) in [6, 6.07) is 0. The molecule has 0 bridgehead atoms. The maximum absolute atomic E-state index is 11.1. The molecule has 1 amide bonds. The van der Waals surface area contributed by atoms with Crippen LogP contribution in [0.1, 0.15) is 19.8 Å². The van der Waals surface area contributed by atoms with E-state index in [-0.39, 0.29) is 18.6 Å². The summed E-state index contributed by atoms with van der Waals surface area (Å²) in [6.45, 7) is 2.62. The Morgan fingerprint density at radius 2 is 2.50 bits per heavy atom. The molecule has 3 nitrogen and oxygen atoms in total. The van der Waals surface area contributed by atoms with Gasteiger partial charge in [-0.3, -0.25) is 4.79 Å². The van der Waals surface area contributed by atoms with E-state index in [0.29, 0.717) is 0 Å². The lowest BCUT2D eigenvalue weighted by atomic mass is 10.1. The molecule has 0 radical (unpaired) electrons. The monoisotopic (exact) mass is 143 g/mol. The first-order valence-corrected chi connectivity index (χ1v) is 3.69. The van der Waals surface area contributed by atoms with Crippen molar-refractivity contribution in [3.63, 3.8) is 0 Å². The van der Waals surface area contributed by atoms with Gasteiger partial charge < -0.3 is 10.0 Å². The van der Waals surface area contributed by atoms with E-state index in [1.165, 1.54) is 4.90 Å². The molecule has 1 unspecified atom stereocenters. The Labute approximate surface area is 60.6 Å². The standard InChI is InChI=1S/C7H13NO2/c1-2-6-3-4-8(5-9)7(6)10/h6,9H,2-5H2,1H3. The third-order valence-corrected chi connectivity index (χ3v) is 2.07. The zero-order valence-electron chi connectivity index (χ0n) is 6.21. The van der Waals surface area contributed by atoms with Crippen molar-refractivity contribution >= 4 is 5.91 Å². The average Bonchev–Trinajstić information content (AvgIpc) is 2.30. The number of carbonyl (C=O) groups is 1. The third-order valence-electron chi connectivity index (χ3n) is 2.07. The van der Waals surface area contributed by atoms with E-state index >= 15 is 0 Å². The Bertz CT molecular complexity index is 122. The quantitative estimate of drug-likeness (QED) is 0.599. The lowest BCUT2D eigenvalue weighted by Gasteiger charge is -2.11. The van der Waals surface area contributed by atoms with Crippen molar-refractivity contribution in [3.8, 4) is 0 Å². The number of amides is 1. The fourth-order valence-corrected chi connectivity index (χ4v) is 1.32. The zero-order chi connectivity index (χ0) is 7.56. The minimum absolute atomic E-state index is 0.116. The summed E-state index contributed by atoms with van der Waals surface area (Å²) in [5, 5.41) is 8.65. The van der Waals surface area contributed by atoms with Gasteiger partial charge in [-0.2, -0.15) is 0 Å². The first kappa shape index (κ1) is 7.54. The van der Waals surface area contributed by atoms with E-state index in [1.54, 1.807) is 0 Å². The maximum atomic E-state index is 11.1. The van der Waals surface area contributed by atoms with E-state index in [4.69, 9.17) is 5.11 Å². The molecule has 1 saturated heterocycles. The number of aliphatic hydroxyl groups excluding tert-OH is 1. The molecule has 0 aromatic carbocycles. The maximum Gasteiger partial charge on any atom is 0.227 e. The van der Waals surface area contributed by atoms with E-state index in [1.807, 2.05) is 6.92 Å². The zero-order valence-corrected chi connectivity index (χ0v) is 6.21. The molecule has 10 heavy (non-hydrogen) atoms. The van der Waals surface area contributed by atoms with Crippen LogP contribution in [0.2, 0.25) is 0 Å². The Balaban J connectivity index is 2.49. The summed E-state index contributed by atoms with van der Waals surface area (Å²) in [5.74, 6) is 0.289. The molecule has 0 aromatic heterocycles. The molecule has 1 heterocycles. The van der Waals surface area contributed by atoms with Crippen molar-refractivity contribution in [2.24, 2.45) is 5.92 Å². The second kappa shape index (κ2) is 3.01. The molecule has 0 saturated carbocycles. The summed E-state index contributed by atoms with van der Waals surface area (Å²) < 4.78 is 0. The van der Waals surface area contributed by atoms with Gasteiger partial charge in [-0.25, -0.2) is 0 Å². The molecule has 1 aliphatic rings. The number of aliphatic hydroxyl groups is 1. The molecule has 1 N–H and O–H groups in total. The van der Waals surface area contributed by atoms with Gasteiger partial charge in [0.1, 0.15) is 6.73 Å². The number of likely N-dealkylation sites (tertiary alicyclic amines) is 1. The number of rotatable bonds is 2. The van der Waals surface area contributed by atoms with Gasteiger partial charge in [-0.05, 0) is 12.8 Å². The Morgan fingerprint density at radius 3 is 2.80 bits per heavy atom. The molecule has 0 aliphatic carbocycles. The molecule has 0 spiro atoms. The fourth-order valence-electron chi connectivity index (χ4n) is 1.32. The SMILES string of the molecule is CCC1CCN(CO)C1=O. The predicted molar refractivity (Wildman–Crippen MR) is 37.2 cm³/mol. The van der Waals surface area contributed by atoms with Crippen molar-refractivity contribution in [2.45, 2.75) is 19.8 Å². The predicted octanol–water partition coefficient (Wildman–Crippen LogP) is 0.195. The van der Waals surface area contributed by atoms with E-state index in [2.05, 4.69) is 0 Å². The van der Waals surface area contributed by atoms with Gasteiger partial charge in [0, 0.05) is 12.5 Å². The summed E-state index contributed by atoms with van der Waals surface area (Å²) in [5.41, 5.74) is 0. The lowest BCUT2D eigenvalue weighted by molar-refractivity contribution is -0.134. The summed E-state index contributed by atoms with van der Waals surface area (Å²) >= 11 is 0. The van der Waals surface area contributed by atoms with Crippen LogP contribution in [-0.2, 0) is 4.79 Å². The summed E-state index contributed by atoms with van der Waals surface area (Å²) in [7, 11) is 0. The average molecular weight is 143 g/mol. The number of hydrogen-bond acceptors (Lipinski definition) is 2. The minimum Gasteiger partial charge on any atom is -0.376 e. The van der Waals surface area contributed by atoms with Crippen molar-refractivity contribution in [1.29, 1.82) is 0 Å². The van der Waals surface area contributed by atoms with Gasteiger partial charge >= 0.3 is 0 Å². The van der Waals surface area contributed by atoms with Crippen LogP contribution in [0.15, 0.2) is 0 Å². The molecule has 0 aromatic rings. The van der Waals surface area contributed by atoms with Gasteiger partial charge in [0.15, 0.2) is 0 Å². The van der Waals surface area contributed by atoms with Crippen LogP contribution in [-0.4, -0.2) is 29.2 Å². The molecular formula is C7H13NO2. The molecule has 1 atom stereocenters. The minimum atomic E-state index is -0.116.